The number of carbonyl (C=O) groups is 6. The van der Waals surface area contributed by atoms with E-state index in [0.29, 0.717) is 24.6 Å². The van der Waals surface area contributed by atoms with Gasteiger partial charge in [0.25, 0.3) is 11.8 Å². The first-order chi connectivity index (χ1) is 18.8. The van der Waals surface area contributed by atoms with Crippen LogP contribution in [-0.4, -0.2) is 99.0 Å². The Morgan fingerprint density at radius 1 is 0.675 bits per heavy atom. The molecule has 0 bridgehead atoms. The Balaban J connectivity index is 1.44. The highest BCUT2D eigenvalue weighted by molar-refractivity contribution is 8.76. The summed E-state index contributed by atoms with van der Waals surface area (Å²) in [7, 11) is 3.09. The molecule has 0 radical (unpaired) electrons. The summed E-state index contributed by atoms with van der Waals surface area (Å²) in [5, 5.41) is 10.8. The van der Waals surface area contributed by atoms with Crippen molar-refractivity contribution in [2.45, 2.75) is 52.7 Å². The van der Waals surface area contributed by atoms with Crippen LogP contribution in [-0.2, 0) is 38.1 Å². The number of hydrogen-bond donors (Lipinski definition) is 4. The van der Waals surface area contributed by atoms with Crippen LogP contribution < -0.4 is 21.3 Å². The highest BCUT2D eigenvalue weighted by atomic mass is 33.1. The Morgan fingerprint density at radius 3 is 1.43 bits per heavy atom. The van der Waals surface area contributed by atoms with Crippen LogP contribution in [0.5, 0.6) is 0 Å². The highest BCUT2D eigenvalue weighted by Crippen LogP contribution is 2.29. The van der Waals surface area contributed by atoms with Crippen molar-refractivity contribution in [1.29, 1.82) is 0 Å². The zero-order valence-electron chi connectivity index (χ0n) is 23.1. The zero-order chi connectivity index (χ0) is 29.8. The molecule has 16 heteroatoms. The van der Waals surface area contributed by atoms with E-state index in [0.717, 1.165) is 0 Å². The summed E-state index contributed by atoms with van der Waals surface area (Å²) in [4.78, 5) is 71.1. The predicted octanol–water partition coefficient (Wildman–Crippen LogP) is 0.736. The third kappa shape index (κ3) is 11.3. The van der Waals surface area contributed by atoms with E-state index < -0.39 is 47.2 Å². The number of cyclic esters (lactones) is 4. The number of ether oxygens (including phenoxy) is 4. The number of nitrogens with one attached hydrogen (secondary N) is 4. The predicted molar refractivity (Wildman–Crippen MR) is 146 cm³/mol. The molecular weight excluding hydrogens is 568 g/mol. The molecule has 2 saturated heterocycles. The monoisotopic (exact) mass is 606 g/mol. The lowest BCUT2D eigenvalue weighted by molar-refractivity contribution is -0.149. The second kappa shape index (κ2) is 15.8. The molecule has 0 spiro atoms. The van der Waals surface area contributed by atoms with E-state index in [1.54, 1.807) is 49.3 Å². The molecule has 0 aromatic carbocycles. The van der Waals surface area contributed by atoms with Crippen molar-refractivity contribution in [2.24, 2.45) is 10.8 Å². The zero-order valence-corrected chi connectivity index (χ0v) is 24.8. The van der Waals surface area contributed by atoms with Crippen LogP contribution in [0.1, 0.15) is 40.5 Å². The van der Waals surface area contributed by atoms with Gasteiger partial charge >= 0.3 is 12.3 Å². The van der Waals surface area contributed by atoms with Crippen molar-refractivity contribution >= 4 is 57.5 Å². The molecule has 2 fully saturated rings. The molecule has 2 rings (SSSR count). The van der Waals surface area contributed by atoms with Crippen LogP contribution in [0.3, 0.4) is 0 Å². The van der Waals surface area contributed by atoms with E-state index in [1.807, 2.05) is 0 Å². The van der Waals surface area contributed by atoms with Gasteiger partial charge in [0.1, 0.15) is 13.2 Å². The summed E-state index contributed by atoms with van der Waals surface area (Å²) in [6.07, 6.45) is -3.55. The van der Waals surface area contributed by atoms with E-state index in [4.69, 9.17) is 18.9 Å². The Kier molecular flexibility index (Phi) is 13.2. The van der Waals surface area contributed by atoms with Gasteiger partial charge in [0.05, 0.1) is 0 Å². The number of carbonyl (C=O) groups excluding carboxylic acids is 6. The molecule has 0 aromatic rings. The fourth-order valence-electron chi connectivity index (χ4n) is 3.58. The lowest BCUT2D eigenvalue weighted by Crippen LogP contribution is -2.52. The standard InChI is InChI=1S/C24H38N4O10S2/c1-23(2)13-35-21(33)37-17(23)19(31)27-7-5-15(29)25-9-11-39-40-12-10-26-16(30)6-8-28-20(32)18-24(3,4)14-36-22(34)38-18/h17-18H,5-14H2,1-4H3,(H,25,29)(H,26,30)(H,27,31)(H,28,32)/t17-,18-/m1/s1. The third-order valence-corrected chi connectivity index (χ3v) is 8.26. The molecule has 4 N–H and O–H groups in total. The van der Waals surface area contributed by atoms with Gasteiger partial charge in [-0.1, -0.05) is 49.3 Å². The maximum Gasteiger partial charge on any atom is 0.509 e. The van der Waals surface area contributed by atoms with Gasteiger partial charge in [-0.3, -0.25) is 19.2 Å². The molecular formula is C24H38N4O10S2. The van der Waals surface area contributed by atoms with E-state index in [2.05, 4.69) is 21.3 Å². The Bertz CT molecular complexity index is 873. The van der Waals surface area contributed by atoms with Gasteiger partial charge in [0.15, 0.2) is 12.2 Å². The molecule has 2 atom stereocenters. The van der Waals surface area contributed by atoms with Crippen molar-refractivity contribution in [3.05, 3.63) is 0 Å². The smallest absolute Gasteiger partial charge is 0.434 e. The summed E-state index contributed by atoms with van der Waals surface area (Å²) in [5.74, 6) is -0.0577. The highest BCUT2D eigenvalue weighted by Gasteiger charge is 2.44. The van der Waals surface area contributed by atoms with Crippen LogP contribution in [0.15, 0.2) is 0 Å². The van der Waals surface area contributed by atoms with Crippen molar-refractivity contribution < 1.29 is 47.7 Å². The van der Waals surface area contributed by atoms with Gasteiger partial charge < -0.3 is 40.2 Å². The number of rotatable bonds is 15. The van der Waals surface area contributed by atoms with Gasteiger partial charge in [-0.2, -0.15) is 0 Å². The quantitative estimate of drug-likeness (QED) is 0.116. The van der Waals surface area contributed by atoms with Crippen LogP contribution >= 0.6 is 21.6 Å². The van der Waals surface area contributed by atoms with Gasteiger partial charge in [0, 0.05) is 61.4 Å². The van der Waals surface area contributed by atoms with Gasteiger partial charge in [-0.15, -0.1) is 0 Å². The topological polar surface area (TPSA) is 187 Å². The molecule has 226 valence electrons. The fraction of sp³-hybridized carbons (Fsp3) is 0.750. The molecule has 2 heterocycles. The maximum atomic E-state index is 12.3. The largest absolute Gasteiger partial charge is 0.509 e. The minimum Gasteiger partial charge on any atom is -0.434 e. The normalized spacial score (nSPS) is 21.0. The first-order valence-electron chi connectivity index (χ1n) is 12.8. The van der Waals surface area contributed by atoms with Gasteiger partial charge in [-0.25, -0.2) is 9.59 Å². The molecule has 0 saturated carbocycles. The van der Waals surface area contributed by atoms with Crippen molar-refractivity contribution in [2.75, 3.05) is 50.9 Å². The SMILES string of the molecule is CC1(C)COC(=O)O[C@@H]1C(=O)NCCC(=O)NCCSSCCNC(=O)CCNC(=O)[C@H]1OC(=O)OCC1(C)C. The summed E-state index contributed by atoms with van der Waals surface area (Å²) in [6, 6.07) is 0. The molecule has 4 amide bonds. The van der Waals surface area contributed by atoms with E-state index in [9.17, 15) is 28.8 Å². The van der Waals surface area contributed by atoms with Crippen molar-refractivity contribution in [1.82, 2.24) is 21.3 Å². The van der Waals surface area contributed by atoms with Crippen LogP contribution in [0, 0.1) is 10.8 Å². The first-order valence-corrected chi connectivity index (χ1v) is 15.3. The molecule has 0 unspecified atom stereocenters. The molecule has 0 aliphatic carbocycles. The first kappa shape index (κ1) is 33.3. The molecule has 0 aromatic heterocycles. The molecule has 40 heavy (non-hydrogen) atoms. The van der Waals surface area contributed by atoms with Crippen LogP contribution in [0.2, 0.25) is 0 Å². The van der Waals surface area contributed by atoms with E-state index in [-0.39, 0.29) is 51.0 Å². The molecule has 2 aliphatic rings. The second-order valence-corrected chi connectivity index (χ2v) is 13.2. The van der Waals surface area contributed by atoms with E-state index in [1.165, 1.54) is 0 Å². The average Bonchev–Trinajstić information content (AvgIpc) is 2.88. The number of hydrogen-bond acceptors (Lipinski definition) is 12. The lowest BCUT2D eigenvalue weighted by Gasteiger charge is -2.35. The van der Waals surface area contributed by atoms with E-state index >= 15 is 0 Å². The summed E-state index contributed by atoms with van der Waals surface area (Å²) < 4.78 is 19.6. The fourth-order valence-corrected chi connectivity index (χ4v) is 5.39. The summed E-state index contributed by atoms with van der Waals surface area (Å²) >= 11 is 0. The second-order valence-electron chi connectivity index (χ2n) is 10.5. The lowest BCUT2D eigenvalue weighted by atomic mass is 9.86. The van der Waals surface area contributed by atoms with Crippen LogP contribution in [0.25, 0.3) is 0 Å². The van der Waals surface area contributed by atoms with Crippen molar-refractivity contribution in [3.8, 4) is 0 Å². The Labute approximate surface area is 240 Å². The minimum atomic E-state index is -0.978. The number of amides is 4. The third-order valence-electron chi connectivity index (χ3n) is 5.85. The molecule has 2 aliphatic heterocycles. The van der Waals surface area contributed by atoms with Crippen LogP contribution in [0.4, 0.5) is 9.59 Å². The Morgan fingerprint density at radius 2 is 1.05 bits per heavy atom. The van der Waals surface area contributed by atoms with Gasteiger partial charge in [0.2, 0.25) is 11.8 Å². The summed E-state index contributed by atoms with van der Waals surface area (Å²) in [5.41, 5.74) is -1.34. The Hall–Kier alpha value is -2.88. The minimum absolute atomic E-state index is 0.0724. The summed E-state index contributed by atoms with van der Waals surface area (Å²) in [6.45, 7) is 8.26. The van der Waals surface area contributed by atoms with Crippen molar-refractivity contribution in [3.63, 3.8) is 0 Å². The average molecular weight is 607 g/mol. The molecule has 14 nitrogen and oxygen atoms in total. The maximum absolute atomic E-state index is 12.3. The van der Waals surface area contributed by atoms with Gasteiger partial charge in [-0.05, 0) is 0 Å².